The van der Waals surface area contributed by atoms with Crippen molar-refractivity contribution in [3.8, 4) is 0 Å². The minimum atomic E-state index is 0.651. The number of hydrogen-bond acceptors (Lipinski definition) is 4. The molecular formula is C18H31N5S. The molecule has 1 saturated heterocycles. The monoisotopic (exact) mass is 349 g/mol. The third-order valence-corrected chi connectivity index (χ3v) is 5.58. The molecule has 5 nitrogen and oxygen atoms in total. The lowest BCUT2D eigenvalue weighted by atomic mass is 10.2. The van der Waals surface area contributed by atoms with E-state index >= 15 is 0 Å². The molecule has 1 fully saturated rings. The predicted octanol–water partition coefficient (Wildman–Crippen LogP) is 2.88. The number of thioether (sulfide) groups is 1. The van der Waals surface area contributed by atoms with E-state index in [1.54, 1.807) is 0 Å². The summed E-state index contributed by atoms with van der Waals surface area (Å²) in [6.45, 7) is 10.9. The molecule has 0 saturated carbocycles. The molecule has 1 aromatic rings. The van der Waals surface area contributed by atoms with Crippen molar-refractivity contribution < 1.29 is 0 Å². The van der Waals surface area contributed by atoms with Crippen LogP contribution in [0.5, 0.6) is 0 Å². The Labute approximate surface area is 150 Å². The molecule has 134 valence electrons. The SMILES string of the molecule is CCNC(=NCc1ccc(N(CC)CC)nc1)NCC1CCCS1. The van der Waals surface area contributed by atoms with Crippen molar-refractivity contribution in [2.24, 2.45) is 4.99 Å². The van der Waals surface area contributed by atoms with E-state index in [0.29, 0.717) is 6.54 Å². The molecular weight excluding hydrogens is 318 g/mol. The van der Waals surface area contributed by atoms with Crippen LogP contribution in [0.25, 0.3) is 0 Å². The summed E-state index contributed by atoms with van der Waals surface area (Å²) in [6, 6.07) is 4.22. The highest BCUT2D eigenvalue weighted by Gasteiger charge is 2.15. The van der Waals surface area contributed by atoms with Crippen LogP contribution in [0, 0.1) is 0 Å². The summed E-state index contributed by atoms with van der Waals surface area (Å²) < 4.78 is 0. The van der Waals surface area contributed by atoms with Crippen molar-refractivity contribution in [1.82, 2.24) is 15.6 Å². The average molecular weight is 350 g/mol. The standard InChI is InChI=1S/C18H31N5S/c1-4-19-18(22-14-16-8-7-11-24-16)21-13-15-9-10-17(20-12-15)23(5-2)6-3/h9-10,12,16H,4-8,11,13-14H2,1-3H3,(H2,19,21,22). The van der Waals surface area contributed by atoms with Gasteiger partial charge in [0.05, 0.1) is 6.54 Å². The van der Waals surface area contributed by atoms with E-state index in [0.717, 1.165) is 48.8 Å². The third kappa shape index (κ3) is 5.89. The minimum Gasteiger partial charge on any atom is -0.357 e. The summed E-state index contributed by atoms with van der Waals surface area (Å²) in [6.07, 6.45) is 4.59. The number of rotatable bonds is 8. The second kappa shape index (κ2) is 10.4. The van der Waals surface area contributed by atoms with Crippen LogP contribution in [0.15, 0.2) is 23.3 Å². The molecule has 1 unspecified atom stereocenters. The van der Waals surface area contributed by atoms with Crippen LogP contribution in [0.3, 0.4) is 0 Å². The molecule has 0 aromatic carbocycles. The topological polar surface area (TPSA) is 52.6 Å². The second-order valence-corrected chi connectivity index (χ2v) is 7.32. The van der Waals surface area contributed by atoms with E-state index in [2.05, 4.69) is 65.2 Å². The van der Waals surface area contributed by atoms with E-state index in [1.165, 1.54) is 18.6 Å². The van der Waals surface area contributed by atoms with Gasteiger partial charge < -0.3 is 15.5 Å². The van der Waals surface area contributed by atoms with Gasteiger partial charge in [0.1, 0.15) is 5.82 Å². The normalized spacial score (nSPS) is 17.8. The molecule has 24 heavy (non-hydrogen) atoms. The van der Waals surface area contributed by atoms with E-state index in [4.69, 9.17) is 4.99 Å². The van der Waals surface area contributed by atoms with Gasteiger partial charge in [0.2, 0.25) is 0 Å². The molecule has 6 heteroatoms. The lowest BCUT2D eigenvalue weighted by molar-refractivity contribution is 0.727. The van der Waals surface area contributed by atoms with Gasteiger partial charge in [-0.05, 0) is 51.0 Å². The number of pyridine rings is 1. The molecule has 0 spiro atoms. The van der Waals surface area contributed by atoms with Gasteiger partial charge in [-0.2, -0.15) is 11.8 Å². The lowest BCUT2D eigenvalue weighted by Gasteiger charge is -2.19. The Morgan fingerprint density at radius 3 is 2.71 bits per heavy atom. The number of aliphatic imine (C=N–C) groups is 1. The van der Waals surface area contributed by atoms with Gasteiger partial charge in [0.15, 0.2) is 5.96 Å². The molecule has 0 aliphatic carbocycles. The van der Waals surface area contributed by atoms with Gasteiger partial charge in [-0.15, -0.1) is 0 Å². The first-order valence-corrected chi connectivity index (χ1v) is 10.1. The van der Waals surface area contributed by atoms with Crippen LogP contribution in [0.2, 0.25) is 0 Å². The summed E-state index contributed by atoms with van der Waals surface area (Å²) in [7, 11) is 0. The fourth-order valence-corrected chi connectivity index (χ4v) is 3.97. The zero-order valence-corrected chi connectivity index (χ0v) is 16.0. The van der Waals surface area contributed by atoms with Crippen LogP contribution >= 0.6 is 11.8 Å². The molecule has 0 amide bonds. The maximum absolute atomic E-state index is 4.69. The number of aromatic nitrogens is 1. The fraction of sp³-hybridized carbons (Fsp3) is 0.667. The van der Waals surface area contributed by atoms with Crippen LogP contribution in [0.1, 0.15) is 39.2 Å². The molecule has 0 bridgehead atoms. The van der Waals surface area contributed by atoms with Crippen molar-refractivity contribution >= 4 is 23.5 Å². The van der Waals surface area contributed by atoms with Crippen molar-refractivity contribution in [3.05, 3.63) is 23.9 Å². The zero-order chi connectivity index (χ0) is 17.2. The molecule has 1 aromatic heterocycles. The molecule has 0 radical (unpaired) electrons. The number of nitrogens with zero attached hydrogens (tertiary/aromatic N) is 3. The van der Waals surface area contributed by atoms with Gasteiger partial charge >= 0.3 is 0 Å². The Kier molecular flexibility index (Phi) is 8.22. The van der Waals surface area contributed by atoms with Crippen molar-refractivity contribution in [2.75, 3.05) is 36.8 Å². The minimum absolute atomic E-state index is 0.651. The molecule has 2 heterocycles. The quantitative estimate of drug-likeness (QED) is 0.558. The second-order valence-electron chi connectivity index (χ2n) is 5.91. The average Bonchev–Trinajstić information content (AvgIpc) is 3.13. The zero-order valence-electron chi connectivity index (χ0n) is 15.2. The number of guanidine groups is 1. The van der Waals surface area contributed by atoms with E-state index in [1.807, 2.05) is 6.20 Å². The van der Waals surface area contributed by atoms with E-state index in [-0.39, 0.29) is 0 Å². The largest absolute Gasteiger partial charge is 0.357 e. The number of anilines is 1. The van der Waals surface area contributed by atoms with Gasteiger partial charge in [0, 0.05) is 37.6 Å². The van der Waals surface area contributed by atoms with Crippen molar-refractivity contribution in [2.45, 2.75) is 45.4 Å². The van der Waals surface area contributed by atoms with Crippen LogP contribution in [0.4, 0.5) is 5.82 Å². The smallest absolute Gasteiger partial charge is 0.191 e. The van der Waals surface area contributed by atoms with Crippen LogP contribution in [-0.4, -0.2) is 48.1 Å². The summed E-state index contributed by atoms with van der Waals surface area (Å²) in [5.74, 6) is 3.23. The molecule has 1 aliphatic rings. The first kappa shape index (κ1) is 18.9. The van der Waals surface area contributed by atoms with Gasteiger partial charge in [-0.3, -0.25) is 0 Å². The summed E-state index contributed by atoms with van der Waals surface area (Å²) in [4.78, 5) is 11.5. The maximum atomic E-state index is 4.69. The number of hydrogen-bond donors (Lipinski definition) is 2. The van der Waals surface area contributed by atoms with E-state index < -0.39 is 0 Å². The molecule has 2 N–H and O–H groups in total. The molecule has 2 rings (SSSR count). The lowest BCUT2D eigenvalue weighted by Crippen LogP contribution is -2.40. The van der Waals surface area contributed by atoms with Crippen LogP contribution < -0.4 is 15.5 Å². The Balaban J connectivity index is 1.89. The first-order chi connectivity index (χ1) is 11.8. The first-order valence-electron chi connectivity index (χ1n) is 9.10. The van der Waals surface area contributed by atoms with Crippen molar-refractivity contribution in [1.29, 1.82) is 0 Å². The van der Waals surface area contributed by atoms with E-state index in [9.17, 15) is 0 Å². The summed E-state index contributed by atoms with van der Waals surface area (Å²) in [5.41, 5.74) is 1.14. The predicted molar refractivity (Wildman–Crippen MR) is 106 cm³/mol. The number of nitrogens with one attached hydrogen (secondary N) is 2. The third-order valence-electron chi connectivity index (χ3n) is 4.18. The molecule has 1 aliphatic heterocycles. The highest BCUT2D eigenvalue weighted by Crippen LogP contribution is 2.25. The summed E-state index contributed by atoms with van der Waals surface area (Å²) >= 11 is 2.07. The van der Waals surface area contributed by atoms with Gasteiger partial charge in [-0.1, -0.05) is 6.07 Å². The Morgan fingerprint density at radius 2 is 2.12 bits per heavy atom. The van der Waals surface area contributed by atoms with Crippen LogP contribution in [-0.2, 0) is 6.54 Å². The summed E-state index contributed by atoms with van der Waals surface area (Å²) in [5, 5.41) is 7.52. The van der Waals surface area contributed by atoms with Gasteiger partial charge in [-0.25, -0.2) is 9.98 Å². The Morgan fingerprint density at radius 1 is 1.29 bits per heavy atom. The fourth-order valence-electron chi connectivity index (χ4n) is 2.77. The highest BCUT2D eigenvalue weighted by molar-refractivity contribution is 8.00. The molecule has 1 atom stereocenters. The highest BCUT2D eigenvalue weighted by atomic mass is 32.2. The van der Waals surface area contributed by atoms with Gasteiger partial charge in [0.25, 0.3) is 0 Å². The Hall–Kier alpha value is -1.43. The Bertz CT molecular complexity index is 493. The maximum Gasteiger partial charge on any atom is 0.191 e. The van der Waals surface area contributed by atoms with Crippen molar-refractivity contribution in [3.63, 3.8) is 0 Å².